The number of carbonyl (C=O) groups excluding carboxylic acids is 1. The van der Waals surface area contributed by atoms with Crippen molar-refractivity contribution < 1.29 is 14.3 Å². The molecule has 0 heterocycles. The van der Waals surface area contributed by atoms with E-state index < -0.39 is 0 Å². The smallest absolute Gasteiger partial charge is 0.307 e. The Morgan fingerprint density at radius 2 is 1.91 bits per heavy atom. The maximum Gasteiger partial charge on any atom is 0.307 e. The van der Waals surface area contributed by atoms with Gasteiger partial charge in [-0.05, 0) is 30.7 Å². The molecule has 0 saturated carbocycles. The van der Waals surface area contributed by atoms with Gasteiger partial charge in [0.2, 0.25) is 0 Å². The number of hydrogen-bond acceptors (Lipinski definition) is 3. The fourth-order valence-electron chi connectivity index (χ4n) is 1.94. The lowest BCUT2D eigenvalue weighted by Crippen LogP contribution is -1.99. The lowest BCUT2D eigenvalue weighted by atomic mass is 10.1. The Bertz CT molecular complexity index is 544. The molecule has 3 nitrogen and oxygen atoms in total. The Hall–Kier alpha value is -2.21. The molecular formula is C19H24O3. The first kappa shape index (κ1) is 17.8. The highest BCUT2D eigenvalue weighted by molar-refractivity contribution is 5.67. The molecule has 0 N–H and O–H groups in total. The summed E-state index contributed by atoms with van der Waals surface area (Å²) < 4.78 is 10.3. The zero-order valence-electron chi connectivity index (χ0n) is 13.6. The average molecular weight is 300 g/mol. The number of hydrogen-bond donors (Lipinski definition) is 0. The summed E-state index contributed by atoms with van der Waals surface area (Å²) in [6.45, 7) is 3.58. The van der Waals surface area contributed by atoms with Gasteiger partial charge in [-0.15, -0.1) is 0 Å². The first-order chi connectivity index (χ1) is 10.7. The highest BCUT2D eigenvalue weighted by Crippen LogP contribution is 2.12. The Morgan fingerprint density at radius 3 is 2.50 bits per heavy atom. The van der Waals surface area contributed by atoms with Crippen molar-refractivity contribution in [1.82, 2.24) is 0 Å². The molecule has 1 rings (SSSR count). The molecule has 0 unspecified atom stereocenters. The van der Waals surface area contributed by atoms with E-state index in [1.165, 1.54) is 19.8 Å². The molecule has 0 aromatic heterocycles. The maximum atomic E-state index is 11.1. The van der Waals surface area contributed by atoms with Gasteiger partial charge in [-0.3, -0.25) is 4.79 Å². The van der Waals surface area contributed by atoms with Crippen LogP contribution in [-0.2, 0) is 9.53 Å². The second kappa shape index (κ2) is 10.5. The predicted octanol–water partition coefficient (Wildman–Crippen LogP) is 4.46. The average Bonchev–Trinajstić information content (AvgIpc) is 2.51. The molecule has 0 fully saturated rings. The third kappa shape index (κ3) is 7.54. The summed E-state index contributed by atoms with van der Waals surface area (Å²) in [5, 5.41) is 0. The van der Waals surface area contributed by atoms with Crippen LogP contribution in [0, 0.1) is 11.8 Å². The van der Waals surface area contributed by atoms with E-state index in [1.54, 1.807) is 13.2 Å². The second-order valence-corrected chi connectivity index (χ2v) is 5.01. The molecule has 0 radical (unpaired) electrons. The van der Waals surface area contributed by atoms with Gasteiger partial charge in [0, 0.05) is 25.0 Å². The van der Waals surface area contributed by atoms with Crippen molar-refractivity contribution in [1.29, 1.82) is 0 Å². The van der Waals surface area contributed by atoms with Crippen LogP contribution >= 0.6 is 0 Å². The lowest BCUT2D eigenvalue weighted by molar-refractivity contribution is -0.137. The number of methoxy groups -OCH3 is 1. The Kier molecular flexibility index (Phi) is 8.52. The molecule has 0 aliphatic heterocycles. The number of esters is 1. The first-order valence-corrected chi connectivity index (χ1v) is 7.68. The number of rotatable bonds is 7. The zero-order valence-corrected chi connectivity index (χ0v) is 13.6. The fourth-order valence-corrected chi connectivity index (χ4v) is 1.94. The molecule has 118 valence electrons. The summed E-state index contributed by atoms with van der Waals surface area (Å²) in [5.41, 5.74) is 0.894. The zero-order chi connectivity index (χ0) is 16.2. The molecule has 0 aliphatic rings. The molecule has 0 spiro atoms. The Balaban J connectivity index is 2.66. The van der Waals surface area contributed by atoms with Crippen LogP contribution in [0.25, 0.3) is 0 Å². The summed E-state index contributed by atoms with van der Waals surface area (Å²) in [5.74, 6) is 7.13. The van der Waals surface area contributed by atoms with E-state index in [1.807, 2.05) is 24.3 Å². The molecule has 1 aromatic carbocycles. The quantitative estimate of drug-likeness (QED) is 0.323. The van der Waals surface area contributed by atoms with E-state index in [2.05, 4.69) is 18.8 Å². The van der Waals surface area contributed by atoms with Crippen LogP contribution in [0.15, 0.2) is 36.1 Å². The molecule has 3 heteroatoms. The van der Waals surface area contributed by atoms with Crippen LogP contribution in [0.4, 0.5) is 0 Å². The van der Waals surface area contributed by atoms with E-state index in [0.717, 1.165) is 30.6 Å². The standard InChI is InChI=1S/C19H24O3/c1-4-5-6-7-10-19(22-16(2)20)11-8-9-17-12-14-18(21-3)15-13-17/h11-15H,4-7,10H2,1-3H3/b19-11-. The van der Waals surface area contributed by atoms with Crippen molar-refractivity contribution >= 4 is 5.97 Å². The van der Waals surface area contributed by atoms with Gasteiger partial charge in [0.1, 0.15) is 11.5 Å². The molecule has 0 saturated heterocycles. The maximum absolute atomic E-state index is 11.1. The molecule has 1 aromatic rings. The highest BCUT2D eigenvalue weighted by Gasteiger charge is 2.01. The highest BCUT2D eigenvalue weighted by atomic mass is 16.5. The lowest BCUT2D eigenvalue weighted by Gasteiger charge is -2.05. The van der Waals surface area contributed by atoms with Gasteiger partial charge in [0.25, 0.3) is 0 Å². The topological polar surface area (TPSA) is 35.5 Å². The monoisotopic (exact) mass is 300 g/mol. The van der Waals surface area contributed by atoms with Crippen molar-refractivity contribution in [2.45, 2.75) is 46.0 Å². The van der Waals surface area contributed by atoms with Crippen LogP contribution in [0.5, 0.6) is 5.75 Å². The minimum Gasteiger partial charge on any atom is -0.497 e. The second-order valence-electron chi connectivity index (χ2n) is 5.01. The molecular weight excluding hydrogens is 276 g/mol. The van der Waals surface area contributed by atoms with E-state index in [-0.39, 0.29) is 5.97 Å². The van der Waals surface area contributed by atoms with Gasteiger partial charge in [0.15, 0.2) is 0 Å². The van der Waals surface area contributed by atoms with Crippen LogP contribution < -0.4 is 4.74 Å². The minimum atomic E-state index is -0.298. The number of carbonyl (C=O) groups is 1. The normalized spacial score (nSPS) is 10.6. The molecule has 22 heavy (non-hydrogen) atoms. The Labute approximate surface area is 133 Å². The van der Waals surface area contributed by atoms with Crippen molar-refractivity contribution in [3.63, 3.8) is 0 Å². The van der Waals surface area contributed by atoms with Crippen LogP contribution in [-0.4, -0.2) is 13.1 Å². The van der Waals surface area contributed by atoms with Gasteiger partial charge in [-0.1, -0.05) is 38.0 Å². The summed E-state index contributed by atoms with van der Waals surface area (Å²) in [4.78, 5) is 11.1. The van der Waals surface area contributed by atoms with Gasteiger partial charge < -0.3 is 9.47 Å². The summed E-state index contributed by atoms with van der Waals surface area (Å²) in [6, 6.07) is 7.52. The minimum absolute atomic E-state index is 0.298. The molecule has 0 aliphatic carbocycles. The molecule has 0 amide bonds. The number of ether oxygens (including phenoxy) is 2. The van der Waals surface area contributed by atoms with Crippen LogP contribution in [0.3, 0.4) is 0 Å². The summed E-state index contributed by atoms with van der Waals surface area (Å²) in [6.07, 6.45) is 6.97. The van der Waals surface area contributed by atoms with Crippen molar-refractivity contribution in [3.05, 3.63) is 41.7 Å². The SMILES string of the molecule is CCCCCC/C(=C/C#Cc1ccc(OC)cc1)OC(C)=O. The molecule has 0 bridgehead atoms. The van der Waals surface area contributed by atoms with E-state index in [0.29, 0.717) is 5.76 Å². The first-order valence-electron chi connectivity index (χ1n) is 7.68. The number of benzene rings is 1. The van der Waals surface area contributed by atoms with Crippen molar-refractivity contribution in [3.8, 4) is 17.6 Å². The van der Waals surface area contributed by atoms with E-state index in [4.69, 9.17) is 9.47 Å². The Morgan fingerprint density at radius 1 is 1.18 bits per heavy atom. The number of allylic oxidation sites excluding steroid dienone is 2. The van der Waals surface area contributed by atoms with Gasteiger partial charge in [-0.2, -0.15) is 0 Å². The van der Waals surface area contributed by atoms with E-state index in [9.17, 15) is 4.79 Å². The van der Waals surface area contributed by atoms with Crippen LogP contribution in [0.1, 0.15) is 51.5 Å². The number of unbranched alkanes of at least 4 members (excludes halogenated alkanes) is 3. The third-order valence-corrected chi connectivity index (χ3v) is 3.09. The predicted molar refractivity (Wildman–Crippen MR) is 88.5 cm³/mol. The van der Waals surface area contributed by atoms with Crippen LogP contribution in [0.2, 0.25) is 0 Å². The summed E-state index contributed by atoms with van der Waals surface area (Å²) >= 11 is 0. The van der Waals surface area contributed by atoms with Gasteiger partial charge in [-0.25, -0.2) is 0 Å². The fraction of sp³-hybridized carbons (Fsp3) is 0.421. The van der Waals surface area contributed by atoms with Gasteiger partial charge >= 0.3 is 5.97 Å². The van der Waals surface area contributed by atoms with Crippen molar-refractivity contribution in [2.75, 3.05) is 7.11 Å². The molecule has 0 atom stereocenters. The van der Waals surface area contributed by atoms with Gasteiger partial charge in [0.05, 0.1) is 7.11 Å². The third-order valence-electron chi connectivity index (χ3n) is 3.09. The largest absolute Gasteiger partial charge is 0.497 e. The summed E-state index contributed by atoms with van der Waals surface area (Å²) in [7, 11) is 1.63. The van der Waals surface area contributed by atoms with E-state index >= 15 is 0 Å². The van der Waals surface area contributed by atoms with Crippen molar-refractivity contribution in [2.24, 2.45) is 0 Å².